The van der Waals surface area contributed by atoms with E-state index in [4.69, 9.17) is 14.2 Å². The van der Waals surface area contributed by atoms with Gasteiger partial charge in [0.2, 0.25) is 0 Å². The lowest BCUT2D eigenvalue weighted by Crippen LogP contribution is -3.16. The van der Waals surface area contributed by atoms with Crippen LogP contribution >= 0.6 is 11.3 Å². The van der Waals surface area contributed by atoms with Crippen LogP contribution in [0.3, 0.4) is 0 Å². The van der Waals surface area contributed by atoms with Gasteiger partial charge in [0.1, 0.15) is 38.5 Å². The number of amides is 1. The fraction of sp³-hybridized carbons (Fsp3) is 0.476. The van der Waals surface area contributed by atoms with Gasteiger partial charge in [-0.3, -0.25) is 4.79 Å². The van der Waals surface area contributed by atoms with Crippen molar-refractivity contribution in [1.82, 2.24) is 0 Å². The number of hydrogen-bond acceptors (Lipinski definition) is 5. The molecule has 1 aromatic carbocycles. The molecule has 0 saturated carbocycles. The van der Waals surface area contributed by atoms with Crippen LogP contribution in [-0.2, 0) is 16.1 Å². The zero-order valence-corrected chi connectivity index (χ0v) is 17.2. The molecule has 0 spiro atoms. The number of benzene rings is 1. The van der Waals surface area contributed by atoms with Crippen molar-refractivity contribution < 1.29 is 23.9 Å². The molecule has 0 radical (unpaired) electrons. The molecule has 2 aromatic rings. The first-order valence-corrected chi connectivity index (χ1v) is 10.7. The average Bonchev–Trinajstić information content (AvgIpc) is 3.18. The quantitative estimate of drug-likeness (QED) is 0.827. The molecular weight excluding hydrogens is 376 g/mol. The van der Waals surface area contributed by atoms with Crippen LogP contribution in [0.15, 0.2) is 35.7 Å². The highest BCUT2D eigenvalue weighted by atomic mass is 32.1. The second-order valence-electron chi connectivity index (χ2n) is 7.48. The monoisotopic (exact) mass is 403 g/mol. The molecular formula is C21H27N2O4S+. The van der Waals surface area contributed by atoms with E-state index in [1.165, 1.54) is 4.90 Å². The molecule has 2 aliphatic rings. The molecule has 2 atom stereocenters. The van der Waals surface area contributed by atoms with E-state index in [1.54, 1.807) is 11.3 Å². The molecule has 1 fully saturated rings. The van der Waals surface area contributed by atoms with Gasteiger partial charge in [0, 0.05) is 16.6 Å². The van der Waals surface area contributed by atoms with Crippen molar-refractivity contribution in [3.05, 3.63) is 40.6 Å². The Hall–Kier alpha value is -2.09. The molecule has 7 heteroatoms. The number of carbonyl (C=O) groups is 1. The van der Waals surface area contributed by atoms with Crippen LogP contribution in [0.4, 0.5) is 5.69 Å². The highest BCUT2D eigenvalue weighted by Gasteiger charge is 2.30. The molecule has 0 bridgehead atoms. The van der Waals surface area contributed by atoms with Gasteiger partial charge in [0.05, 0.1) is 6.54 Å². The fourth-order valence-electron chi connectivity index (χ4n) is 3.92. The molecule has 0 aliphatic carbocycles. The Morgan fingerprint density at radius 3 is 2.61 bits per heavy atom. The van der Waals surface area contributed by atoms with Gasteiger partial charge in [-0.05, 0) is 37.4 Å². The molecule has 4 rings (SSSR count). The van der Waals surface area contributed by atoms with Gasteiger partial charge in [0.25, 0.3) is 5.91 Å². The van der Waals surface area contributed by atoms with Gasteiger partial charge in [-0.2, -0.15) is 0 Å². The van der Waals surface area contributed by atoms with E-state index in [0.29, 0.717) is 32.1 Å². The number of quaternary nitrogens is 1. The first kappa shape index (κ1) is 19.2. The van der Waals surface area contributed by atoms with E-state index in [1.807, 2.05) is 34.5 Å². The summed E-state index contributed by atoms with van der Waals surface area (Å²) in [6.07, 6.45) is 0.346. The van der Waals surface area contributed by atoms with Gasteiger partial charge in [-0.15, -0.1) is 11.3 Å². The molecule has 3 heterocycles. The molecule has 0 unspecified atom stereocenters. The van der Waals surface area contributed by atoms with Crippen molar-refractivity contribution >= 4 is 22.9 Å². The van der Waals surface area contributed by atoms with Gasteiger partial charge >= 0.3 is 0 Å². The maximum atomic E-state index is 13.3. The van der Waals surface area contributed by atoms with E-state index < -0.39 is 0 Å². The lowest BCUT2D eigenvalue weighted by Gasteiger charge is -2.33. The summed E-state index contributed by atoms with van der Waals surface area (Å²) in [6, 6.07) is 9.83. The SMILES string of the molecule is C[C@H]1C[NH+](CC(=O)N(Cc2cccs2)c2ccc3c(c2)OCCO3)C[C@H](C)O1. The Labute approximate surface area is 169 Å². The Morgan fingerprint density at radius 2 is 1.89 bits per heavy atom. The summed E-state index contributed by atoms with van der Waals surface area (Å²) in [4.78, 5) is 17.6. The number of carbonyl (C=O) groups excluding carboxylic acids is 1. The van der Waals surface area contributed by atoms with Crippen molar-refractivity contribution in [2.24, 2.45) is 0 Å². The second kappa shape index (κ2) is 8.51. The summed E-state index contributed by atoms with van der Waals surface area (Å²) in [5, 5.41) is 2.04. The first-order chi connectivity index (χ1) is 13.6. The summed E-state index contributed by atoms with van der Waals surface area (Å²) < 4.78 is 17.2. The third-order valence-corrected chi connectivity index (χ3v) is 5.91. The van der Waals surface area contributed by atoms with Gasteiger partial charge < -0.3 is 24.0 Å². The standard InChI is InChI=1S/C21H26N2O4S/c1-15-11-22(12-16(2)27-15)14-21(24)23(13-18-4-3-9-28-18)17-5-6-19-20(10-17)26-8-7-25-19/h3-6,9-10,15-16H,7-8,11-14H2,1-2H3/p+1/t15-,16-/m0/s1. The minimum Gasteiger partial charge on any atom is -0.486 e. The van der Waals surface area contributed by atoms with Crippen LogP contribution in [0.25, 0.3) is 0 Å². The van der Waals surface area contributed by atoms with E-state index in [0.717, 1.165) is 29.4 Å². The highest BCUT2D eigenvalue weighted by Crippen LogP contribution is 2.34. The maximum absolute atomic E-state index is 13.3. The van der Waals surface area contributed by atoms with Crippen LogP contribution in [0.2, 0.25) is 0 Å². The predicted molar refractivity (Wildman–Crippen MR) is 109 cm³/mol. The minimum absolute atomic E-state index is 0.112. The number of nitrogens with one attached hydrogen (secondary N) is 1. The maximum Gasteiger partial charge on any atom is 0.282 e. The molecule has 2 aliphatic heterocycles. The molecule has 150 valence electrons. The zero-order chi connectivity index (χ0) is 19.5. The number of anilines is 1. The van der Waals surface area contributed by atoms with Crippen molar-refractivity contribution in [3.63, 3.8) is 0 Å². The van der Waals surface area contributed by atoms with E-state index in [2.05, 4.69) is 19.9 Å². The van der Waals surface area contributed by atoms with Gasteiger partial charge in [0.15, 0.2) is 18.0 Å². The van der Waals surface area contributed by atoms with E-state index in [-0.39, 0.29) is 18.1 Å². The average molecular weight is 404 g/mol. The van der Waals surface area contributed by atoms with Crippen LogP contribution in [0.5, 0.6) is 11.5 Å². The van der Waals surface area contributed by atoms with Crippen LogP contribution in [0, 0.1) is 0 Å². The number of ether oxygens (including phenoxy) is 3. The molecule has 1 saturated heterocycles. The van der Waals surface area contributed by atoms with E-state index in [9.17, 15) is 4.79 Å². The summed E-state index contributed by atoms with van der Waals surface area (Å²) in [6.45, 7) is 7.95. The normalized spacial score (nSPS) is 24.0. The summed E-state index contributed by atoms with van der Waals surface area (Å²) >= 11 is 1.66. The number of morpholine rings is 1. The number of thiophene rings is 1. The van der Waals surface area contributed by atoms with Crippen LogP contribution in [-0.4, -0.2) is 51.0 Å². The molecule has 1 N–H and O–H groups in total. The van der Waals surface area contributed by atoms with Crippen LogP contribution < -0.4 is 19.3 Å². The van der Waals surface area contributed by atoms with Crippen molar-refractivity contribution in [2.45, 2.75) is 32.6 Å². The third-order valence-electron chi connectivity index (χ3n) is 5.05. The summed E-state index contributed by atoms with van der Waals surface area (Å²) in [7, 11) is 0. The van der Waals surface area contributed by atoms with Crippen molar-refractivity contribution in [2.75, 3.05) is 37.7 Å². The van der Waals surface area contributed by atoms with E-state index >= 15 is 0 Å². The zero-order valence-electron chi connectivity index (χ0n) is 16.3. The topological polar surface area (TPSA) is 52.4 Å². The molecule has 1 aromatic heterocycles. The molecule has 28 heavy (non-hydrogen) atoms. The summed E-state index contributed by atoms with van der Waals surface area (Å²) in [5.74, 6) is 1.55. The van der Waals surface area contributed by atoms with Crippen molar-refractivity contribution in [3.8, 4) is 11.5 Å². The number of nitrogens with zero attached hydrogens (tertiary/aromatic N) is 1. The Balaban J connectivity index is 1.55. The third kappa shape index (κ3) is 4.48. The highest BCUT2D eigenvalue weighted by molar-refractivity contribution is 7.09. The summed E-state index contributed by atoms with van der Waals surface area (Å²) in [5.41, 5.74) is 0.844. The Kier molecular flexibility index (Phi) is 5.85. The lowest BCUT2D eigenvalue weighted by atomic mass is 10.2. The number of rotatable bonds is 5. The molecule has 6 nitrogen and oxygen atoms in total. The lowest BCUT2D eigenvalue weighted by molar-refractivity contribution is -0.907. The number of fused-ring (bicyclic) bond motifs is 1. The van der Waals surface area contributed by atoms with Crippen LogP contribution in [0.1, 0.15) is 18.7 Å². The molecule has 1 amide bonds. The van der Waals surface area contributed by atoms with Crippen molar-refractivity contribution in [1.29, 1.82) is 0 Å². The van der Waals surface area contributed by atoms with Gasteiger partial charge in [-0.25, -0.2) is 0 Å². The number of hydrogen-bond donors (Lipinski definition) is 1. The first-order valence-electron chi connectivity index (χ1n) is 9.80. The fourth-order valence-corrected chi connectivity index (χ4v) is 4.62. The second-order valence-corrected chi connectivity index (χ2v) is 8.51. The minimum atomic E-state index is 0.112. The van der Waals surface area contributed by atoms with Gasteiger partial charge in [-0.1, -0.05) is 6.07 Å². The largest absolute Gasteiger partial charge is 0.486 e. The Morgan fingerprint density at radius 1 is 1.14 bits per heavy atom. The smallest absolute Gasteiger partial charge is 0.282 e. The Bertz CT molecular complexity index is 801. The predicted octanol–water partition coefficient (Wildman–Crippen LogP) is 1.74.